The molecule has 0 spiro atoms. The fraction of sp³-hybridized carbons (Fsp3) is 0.387. The largest absolute Gasteiger partial charge is 0.456 e. The highest BCUT2D eigenvalue weighted by Gasteiger charge is 2.34. The molecule has 0 radical (unpaired) electrons. The van der Waals surface area contributed by atoms with E-state index in [0.29, 0.717) is 0 Å². The third-order valence-electron chi connectivity index (χ3n) is 7.21. The van der Waals surface area contributed by atoms with E-state index >= 15 is 0 Å². The van der Waals surface area contributed by atoms with E-state index in [2.05, 4.69) is 98.7 Å². The van der Waals surface area contributed by atoms with Gasteiger partial charge in [0, 0.05) is 17.7 Å². The fourth-order valence-corrected chi connectivity index (χ4v) is 5.02. The lowest BCUT2D eigenvalue weighted by atomic mass is 9.82. The van der Waals surface area contributed by atoms with Crippen LogP contribution in [0, 0.1) is 0 Å². The van der Waals surface area contributed by atoms with Gasteiger partial charge in [-0.3, -0.25) is 0 Å². The van der Waals surface area contributed by atoms with Crippen LogP contribution in [0.3, 0.4) is 0 Å². The Morgan fingerprint density at radius 1 is 0.471 bits per heavy atom. The number of hydrogen-bond acceptors (Lipinski definition) is 2. The Balaban J connectivity index is 1.91. The summed E-state index contributed by atoms with van der Waals surface area (Å²) in [6, 6.07) is 13.1. The van der Waals surface area contributed by atoms with Crippen molar-refractivity contribution in [1.82, 2.24) is 0 Å². The van der Waals surface area contributed by atoms with Crippen molar-refractivity contribution < 1.29 is 13.3 Å². The highest BCUT2D eigenvalue weighted by Crippen LogP contribution is 2.50. The standard InChI is InChI=1S/C31H33O3/c1-29(2,3)16-10-19-25-20(11-16)33-22-13-18(31(7,8)9)15-24-27(22)28(25)26-21(32-19)12-17(30(4,5)6)14-23(26)34-24/h10-15H,1-9H3/q+1. The van der Waals surface area contributed by atoms with Crippen LogP contribution in [-0.2, 0) is 16.2 Å². The summed E-state index contributed by atoms with van der Waals surface area (Å²) in [4.78, 5) is 0. The van der Waals surface area contributed by atoms with E-state index < -0.39 is 0 Å². The minimum absolute atomic E-state index is 0.0318. The SMILES string of the molecule is CC(C)(C)c1cc2oc3cc(C(C)(C)C)cc4[o+]c5cc(C(C)(C)C)cc6oc(c1)c2-c(c34)c65. The topological polar surface area (TPSA) is 37.6 Å². The van der Waals surface area contributed by atoms with Gasteiger partial charge in [0.25, 0.3) is 0 Å². The molecule has 2 aliphatic rings. The smallest absolute Gasteiger partial charge is 0.365 e. The third-order valence-corrected chi connectivity index (χ3v) is 7.21. The Morgan fingerprint density at radius 3 is 1.21 bits per heavy atom. The average molecular weight is 454 g/mol. The zero-order valence-corrected chi connectivity index (χ0v) is 21.7. The summed E-state index contributed by atoms with van der Waals surface area (Å²) < 4.78 is 19.9. The van der Waals surface area contributed by atoms with Crippen molar-refractivity contribution in [3.8, 4) is 11.1 Å². The first-order chi connectivity index (χ1) is 15.7. The summed E-state index contributed by atoms with van der Waals surface area (Å²) in [6.07, 6.45) is 0. The van der Waals surface area contributed by atoms with Gasteiger partial charge in [-0.1, -0.05) is 62.3 Å². The summed E-state index contributed by atoms with van der Waals surface area (Å²) >= 11 is 0. The molecule has 0 unspecified atom stereocenters. The quantitative estimate of drug-likeness (QED) is 0.130. The van der Waals surface area contributed by atoms with Gasteiger partial charge in [-0.15, -0.1) is 0 Å². The van der Waals surface area contributed by atoms with Crippen LogP contribution in [0.1, 0.15) is 79.0 Å². The summed E-state index contributed by atoms with van der Waals surface area (Å²) in [5, 5.41) is 2.07. The first kappa shape index (κ1) is 21.5. The third kappa shape index (κ3) is 2.99. The summed E-state index contributed by atoms with van der Waals surface area (Å²) in [6.45, 7) is 20.0. The lowest BCUT2D eigenvalue weighted by Crippen LogP contribution is -2.13. The average Bonchev–Trinajstić information content (AvgIpc) is 2.70. The first-order valence-electron chi connectivity index (χ1n) is 12.2. The second-order valence-corrected chi connectivity index (χ2v) is 13.0. The number of rotatable bonds is 0. The maximum Gasteiger partial charge on any atom is 0.365 e. The Bertz CT molecular complexity index is 1570. The first-order valence-corrected chi connectivity index (χ1v) is 12.2. The van der Waals surface area contributed by atoms with Gasteiger partial charge in [-0.25, -0.2) is 4.42 Å². The van der Waals surface area contributed by atoms with E-state index in [-0.39, 0.29) is 16.2 Å². The van der Waals surface area contributed by atoms with E-state index in [1.54, 1.807) is 0 Å². The van der Waals surface area contributed by atoms with Crippen LogP contribution < -0.4 is 0 Å². The van der Waals surface area contributed by atoms with Crippen molar-refractivity contribution in [2.45, 2.75) is 78.6 Å². The Kier molecular flexibility index (Phi) is 3.99. The van der Waals surface area contributed by atoms with E-state index in [1.807, 2.05) is 0 Å². The van der Waals surface area contributed by atoms with E-state index in [1.165, 1.54) is 22.3 Å². The molecule has 3 heterocycles. The van der Waals surface area contributed by atoms with Crippen molar-refractivity contribution in [2.24, 2.45) is 0 Å². The molecule has 0 N–H and O–H groups in total. The van der Waals surface area contributed by atoms with Gasteiger partial charge < -0.3 is 8.83 Å². The molecule has 0 aliphatic carbocycles. The van der Waals surface area contributed by atoms with Gasteiger partial charge in [-0.2, -0.15) is 0 Å². The Morgan fingerprint density at radius 2 is 0.824 bits per heavy atom. The molecule has 0 bridgehead atoms. The molecule has 0 saturated carbocycles. The van der Waals surface area contributed by atoms with Gasteiger partial charge in [0.1, 0.15) is 33.1 Å². The maximum absolute atomic E-state index is 6.62. The molecule has 4 aromatic rings. The summed E-state index contributed by atoms with van der Waals surface area (Å²) in [5.41, 5.74) is 10.9. The molecule has 3 nitrogen and oxygen atoms in total. The van der Waals surface area contributed by atoms with Crippen LogP contribution in [0.5, 0.6) is 0 Å². The van der Waals surface area contributed by atoms with Crippen LogP contribution >= 0.6 is 0 Å². The van der Waals surface area contributed by atoms with Gasteiger partial charge in [-0.05, 0) is 57.2 Å². The van der Waals surface area contributed by atoms with Gasteiger partial charge in [0.05, 0.1) is 5.56 Å². The van der Waals surface area contributed by atoms with Crippen molar-refractivity contribution in [3.05, 3.63) is 53.1 Å². The van der Waals surface area contributed by atoms with Crippen molar-refractivity contribution in [1.29, 1.82) is 0 Å². The predicted molar refractivity (Wildman–Crippen MR) is 142 cm³/mol. The van der Waals surface area contributed by atoms with Crippen molar-refractivity contribution >= 4 is 44.3 Å². The highest BCUT2D eigenvalue weighted by atomic mass is 16.4. The normalized spacial score (nSPS) is 14.0. The Labute approximate surface area is 200 Å². The molecule has 0 amide bonds. The lowest BCUT2D eigenvalue weighted by Gasteiger charge is -2.24. The van der Waals surface area contributed by atoms with Gasteiger partial charge in [0.15, 0.2) is 0 Å². The molecule has 1 aromatic heterocycles. The number of hydrogen-bond donors (Lipinski definition) is 0. The highest BCUT2D eigenvalue weighted by molar-refractivity contribution is 6.23. The summed E-state index contributed by atoms with van der Waals surface area (Å²) in [7, 11) is 0. The Hall–Kier alpha value is -3.07. The molecular formula is C31H33O3+. The molecule has 0 fully saturated rings. The van der Waals surface area contributed by atoms with E-state index in [9.17, 15) is 0 Å². The minimum Gasteiger partial charge on any atom is -0.456 e. The van der Waals surface area contributed by atoms with Crippen LogP contribution in [0.4, 0.5) is 0 Å². The second-order valence-electron chi connectivity index (χ2n) is 13.0. The molecule has 174 valence electrons. The minimum atomic E-state index is -0.0318. The molecule has 0 saturated heterocycles. The second kappa shape index (κ2) is 6.33. The molecule has 3 aromatic carbocycles. The number of benzene rings is 3. The summed E-state index contributed by atoms with van der Waals surface area (Å²) in [5.74, 6) is 0. The van der Waals surface area contributed by atoms with Crippen LogP contribution in [0.15, 0.2) is 49.6 Å². The van der Waals surface area contributed by atoms with E-state index in [0.717, 1.165) is 49.8 Å². The fourth-order valence-electron chi connectivity index (χ4n) is 5.02. The molecule has 3 heteroatoms. The van der Waals surface area contributed by atoms with Crippen molar-refractivity contribution in [3.63, 3.8) is 0 Å². The van der Waals surface area contributed by atoms with E-state index in [4.69, 9.17) is 13.3 Å². The molecule has 34 heavy (non-hydrogen) atoms. The zero-order valence-electron chi connectivity index (χ0n) is 21.7. The van der Waals surface area contributed by atoms with Gasteiger partial charge >= 0.3 is 11.2 Å². The predicted octanol–water partition coefficient (Wildman–Crippen LogP) is 9.79. The molecule has 2 aliphatic heterocycles. The molecule has 6 rings (SSSR count). The van der Waals surface area contributed by atoms with Gasteiger partial charge in [0.2, 0.25) is 0 Å². The maximum atomic E-state index is 6.62. The van der Waals surface area contributed by atoms with Crippen LogP contribution in [0.2, 0.25) is 0 Å². The molecule has 0 atom stereocenters. The van der Waals surface area contributed by atoms with Crippen LogP contribution in [-0.4, -0.2) is 0 Å². The van der Waals surface area contributed by atoms with Crippen LogP contribution in [0.25, 0.3) is 55.4 Å². The molecular weight excluding hydrogens is 420 g/mol. The lowest BCUT2D eigenvalue weighted by molar-refractivity contribution is 0.572. The monoisotopic (exact) mass is 453 g/mol. The van der Waals surface area contributed by atoms with Crippen molar-refractivity contribution in [2.75, 3.05) is 0 Å². The zero-order chi connectivity index (χ0) is 24.4.